The number of hydrogen-bond donors (Lipinski definition) is 1. The molecule has 92 valence electrons. The van der Waals surface area contributed by atoms with Crippen LogP contribution in [0.5, 0.6) is 0 Å². The molecule has 1 heterocycles. The molecule has 0 aromatic carbocycles. The van der Waals surface area contributed by atoms with Gasteiger partial charge in [0.05, 0.1) is 0 Å². The third-order valence-electron chi connectivity index (χ3n) is 5.03. The van der Waals surface area contributed by atoms with E-state index in [0.29, 0.717) is 0 Å². The molecule has 3 aliphatic rings. The Labute approximate surface area is 99.1 Å². The molecule has 3 rings (SSSR count). The van der Waals surface area contributed by atoms with E-state index in [0.717, 1.165) is 36.9 Å². The molecule has 3 fully saturated rings. The largest absolute Gasteiger partial charge is 0.381 e. The summed E-state index contributed by atoms with van der Waals surface area (Å²) in [5.41, 5.74) is 0. The van der Waals surface area contributed by atoms with Crippen LogP contribution in [0.15, 0.2) is 0 Å². The van der Waals surface area contributed by atoms with Crippen molar-refractivity contribution in [2.24, 2.45) is 23.7 Å². The molecule has 0 radical (unpaired) electrons. The minimum Gasteiger partial charge on any atom is -0.381 e. The number of nitrogens with one attached hydrogen (secondary N) is 1. The number of ether oxygens (including phenoxy) is 1. The lowest BCUT2D eigenvalue weighted by Crippen LogP contribution is -2.30. The van der Waals surface area contributed by atoms with Crippen molar-refractivity contribution in [3.63, 3.8) is 0 Å². The molecular formula is C14H25NO. The molecule has 0 aromatic heterocycles. The summed E-state index contributed by atoms with van der Waals surface area (Å²) >= 11 is 0. The fourth-order valence-corrected chi connectivity index (χ4v) is 4.02. The lowest BCUT2D eigenvalue weighted by atomic mass is 9.89. The normalized spacial score (nSPS) is 39.4. The first-order valence-electron chi connectivity index (χ1n) is 7.20. The highest BCUT2D eigenvalue weighted by molar-refractivity contribution is 4.89. The minimum atomic E-state index is 0.833. The summed E-state index contributed by atoms with van der Waals surface area (Å²) in [6.07, 6.45) is 8.62. The quantitative estimate of drug-likeness (QED) is 0.790. The number of piperidine rings is 1. The zero-order valence-corrected chi connectivity index (χ0v) is 10.3. The van der Waals surface area contributed by atoms with E-state index in [1.807, 2.05) is 0 Å². The van der Waals surface area contributed by atoms with Crippen molar-refractivity contribution in [1.29, 1.82) is 0 Å². The number of rotatable bonds is 4. The predicted octanol–water partition coefficient (Wildman–Crippen LogP) is 2.44. The molecule has 3 unspecified atom stereocenters. The van der Waals surface area contributed by atoms with Crippen LogP contribution < -0.4 is 5.32 Å². The molecular weight excluding hydrogens is 198 g/mol. The van der Waals surface area contributed by atoms with Crippen molar-refractivity contribution in [3.05, 3.63) is 0 Å². The van der Waals surface area contributed by atoms with Gasteiger partial charge in [0.1, 0.15) is 0 Å². The van der Waals surface area contributed by atoms with Crippen molar-refractivity contribution >= 4 is 0 Å². The third kappa shape index (κ3) is 2.43. The molecule has 0 aromatic rings. The fourth-order valence-electron chi connectivity index (χ4n) is 4.02. The van der Waals surface area contributed by atoms with Gasteiger partial charge in [0.25, 0.3) is 0 Å². The summed E-state index contributed by atoms with van der Waals surface area (Å²) in [4.78, 5) is 0. The van der Waals surface area contributed by atoms with Crippen LogP contribution >= 0.6 is 0 Å². The van der Waals surface area contributed by atoms with Crippen molar-refractivity contribution in [2.75, 3.05) is 26.3 Å². The first kappa shape index (κ1) is 11.0. The van der Waals surface area contributed by atoms with Gasteiger partial charge in [0.2, 0.25) is 0 Å². The monoisotopic (exact) mass is 223 g/mol. The Morgan fingerprint density at radius 3 is 2.50 bits per heavy atom. The van der Waals surface area contributed by atoms with Gasteiger partial charge in [-0.25, -0.2) is 0 Å². The molecule has 2 heteroatoms. The number of hydrogen-bond acceptors (Lipinski definition) is 2. The Hall–Kier alpha value is -0.0800. The van der Waals surface area contributed by atoms with Gasteiger partial charge in [-0.05, 0) is 68.9 Å². The van der Waals surface area contributed by atoms with Gasteiger partial charge in [-0.15, -0.1) is 0 Å². The van der Waals surface area contributed by atoms with Gasteiger partial charge in [-0.3, -0.25) is 0 Å². The standard InChI is InChI=1S/C14H25NO/c1-2-13-7-12(1)8-14(13)10-16-9-11-3-5-15-6-4-11/h11-15H,1-10H2. The Kier molecular flexibility index (Phi) is 3.49. The highest BCUT2D eigenvalue weighted by Crippen LogP contribution is 2.48. The van der Waals surface area contributed by atoms with Gasteiger partial charge < -0.3 is 10.1 Å². The van der Waals surface area contributed by atoms with Gasteiger partial charge in [0, 0.05) is 13.2 Å². The molecule has 2 aliphatic carbocycles. The second-order valence-electron chi connectivity index (χ2n) is 6.17. The Bertz CT molecular complexity index is 225. The van der Waals surface area contributed by atoms with E-state index in [1.54, 1.807) is 0 Å². The first-order chi connectivity index (χ1) is 7.92. The molecule has 2 saturated carbocycles. The van der Waals surface area contributed by atoms with Gasteiger partial charge in [-0.2, -0.15) is 0 Å². The maximum Gasteiger partial charge on any atom is 0.0497 e. The summed E-state index contributed by atoms with van der Waals surface area (Å²) in [5, 5.41) is 3.41. The molecule has 3 atom stereocenters. The van der Waals surface area contributed by atoms with Crippen LogP contribution in [0, 0.1) is 23.7 Å². The molecule has 1 aliphatic heterocycles. The fraction of sp³-hybridized carbons (Fsp3) is 1.00. The van der Waals surface area contributed by atoms with E-state index in [1.165, 1.54) is 51.6 Å². The SMILES string of the molecule is C1CC(COCC2CC3CCC2C3)CCN1. The smallest absolute Gasteiger partial charge is 0.0497 e. The second-order valence-corrected chi connectivity index (χ2v) is 6.17. The molecule has 1 saturated heterocycles. The van der Waals surface area contributed by atoms with Crippen molar-refractivity contribution < 1.29 is 4.74 Å². The summed E-state index contributed by atoms with van der Waals surface area (Å²) in [6, 6.07) is 0. The molecule has 0 amide bonds. The molecule has 16 heavy (non-hydrogen) atoms. The Balaban J connectivity index is 1.34. The predicted molar refractivity (Wildman–Crippen MR) is 65.4 cm³/mol. The lowest BCUT2D eigenvalue weighted by Gasteiger charge is -2.25. The van der Waals surface area contributed by atoms with Crippen LogP contribution in [-0.2, 0) is 4.74 Å². The first-order valence-corrected chi connectivity index (χ1v) is 7.20. The molecule has 2 bridgehead atoms. The van der Waals surface area contributed by atoms with E-state index in [4.69, 9.17) is 4.74 Å². The summed E-state index contributed by atoms with van der Waals surface area (Å²) in [5.74, 6) is 3.84. The minimum absolute atomic E-state index is 0.833. The Morgan fingerprint density at radius 2 is 1.81 bits per heavy atom. The van der Waals surface area contributed by atoms with Crippen LogP contribution in [0.1, 0.15) is 38.5 Å². The van der Waals surface area contributed by atoms with Crippen LogP contribution in [0.4, 0.5) is 0 Å². The zero-order chi connectivity index (χ0) is 10.8. The summed E-state index contributed by atoms with van der Waals surface area (Å²) in [6.45, 7) is 4.48. The second kappa shape index (κ2) is 5.05. The average Bonchev–Trinajstić information content (AvgIpc) is 2.92. The summed E-state index contributed by atoms with van der Waals surface area (Å²) in [7, 11) is 0. The van der Waals surface area contributed by atoms with Gasteiger partial charge in [0.15, 0.2) is 0 Å². The van der Waals surface area contributed by atoms with E-state index in [-0.39, 0.29) is 0 Å². The van der Waals surface area contributed by atoms with Crippen molar-refractivity contribution in [1.82, 2.24) is 5.32 Å². The third-order valence-corrected chi connectivity index (χ3v) is 5.03. The van der Waals surface area contributed by atoms with E-state index in [9.17, 15) is 0 Å². The lowest BCUT2D eigenvalue weighted by molar-refractivity contribution is 0.0476. The summed E-state index contributed by atoms with van der Waals surface area (Å²) < 4.78 is 5.98. The van der Waals surface area contributed by atoms with Crippen molar-refractivity contribution in [3.8, 4) is 0 Å². The Morgan fingerprint density at radius 1 is 0.938 bits per heavy atom. The van der Waals surface area contributed by atoms with E-state index >= 15 is 0 Å². The van der Waals surface area contributed by atoms with E-state index < -0.39 is 0 Å². The van der Waals surface area contributed by atoms with Crippen LogP contribution in [0.25, 0.3) is 0 Å². The van der Waals surface area contributed by atoms with E-state index in [2.05, 4.69) is 5.32 Å². The topological polar surface area (TPSA) is 21.3 Å². The maximum atomic E-state index is 5.98. The zero-order valence-electron chi connectivity index (χ0n) is 10.3. The van der Waals surface area contributed by atoms with Crippen LogP contribution in [0.3, 0.4) is 0 Å². The van der Waals surface area contributed by atoms with Crippen LogP contribution in [-0.4, -0.2) is 26.3 Å². The van der Waals surface area contributed by atoms with Crippen LogP contribution in [0.2, 0.25) is 0 Å². The highest BCUT2D eigenvalue weighted by Gasteiger charge is 2.39. The van der Waals surface area contributed by atoms with Gasteiger partial charge in [-0.1, -0.05) is 6.42 Å². The molecule has 0 spiro atoms. The maximum absolute atomic E-state index is 5.98. The van der Waals surface area contributed by atoms with Gasteiger partial charge >= 0.3 is 0 Å². The highest BCUT2D eigenvalue weighted by atomic mass is 16.5. The van der Waals surface area contributed by atoms with Crippen molar-refractivity contribution in [2.45, 2.75) is 38.5 Å². The molecule has 2 nitrogen and oxygen atoms in total. The average molecular weight is 223 g/mol. The number of fused-ring (bicyclic) bond motifs is 2. The molecule has 1 N–H and O–H groups in total.